The molecule has 1 aliphatic rings. The van der Waals surface area contributed by atoms with Crippen molar-refractivity contribution in [2.24, 2.45) is 7.05 Å². The van der Waals surface area contributed by atoms with Gasteiger partial charge in [-0.1, -0.05) is 35.5 Å². The number of anilines is 1. The van der Waals surface area contributed by atoms with Crippen molar-refractivity contribution in [3.63, 3.8) is 0 Å². The van der Waals surface area contributed by atoms with Crippen LogP contribution in [0.1, 0.15) is 40.6 Å². The molecule has 3 aromatic rings. The van der Waals surface area contributed by atoms with E-state index in [1.165, 1.54) is 22.6 Å². The van der Waals surface area contributed by atoms with E-state index >= 15 is 0 Å². The number of hydrogen-bond donors (Lipinski definition) is 2. The number of rotatable bonds is 5. The zero-order valence-electron chi connectivity index (χ0n) is 16.6. The van der Waals surface area contributed by atoms with Crippen molar-refractivity contribution in [1.82, 2.24) is 19.6 Å². The molecule has 1 fully saturated rings. The Balaban J connectivity index is 1.59. The van der Waals surface area contributed by atoms with Gasteiger partial charge in [-0.2, -0.15) is 0 Å². The first-order valence-electron chi connectivity index (χ1n) is 9.80. The fraction of sp³-hybridized carbons (Fsp3) is 0.333. The molecule has 30 heavy (non-hydrogen) atoms. The number of carbonyl (C=O) groups excluding carboxylic acids is 1. The number of benzene rings is 1. The monoisotopic (exact) mass is 409 g/mol. The quantitative estimate of drug-likeness (QED) is 0.663. The lowest BCUT2D eigenvalue weighted by Crippen LogP contribution is -2.37. The molecule has 3 heterocycles. The van der Waals surface area contributed by atoms with Crippen LogP contribution < -0.4 is 10.9 Å². The van der Waals surface area contributed by atoms with E-state index in [0.717, 1.165) is 25.9 Å². The van der Waals surface area contributed by atoms with Crippen LogP contribution in [0.3, 0.4) is 0 Å². The van der Waals surface area contributed by atoms with Crippen LogP contribution in [-0.4, -0.2) is 43.7 Å². The summed E-state index contributed by atoms with van der Waals surface area (Å²) in [5.41, 5.74) is 0.597. The molecule has 0 spiro atoms. The number of nitrogens with zero attached hydrogens (tertiary/aromatic N) is 4. The van der Waals surface area contributed by atoms with Gasteiger partial charge >= 0.3 is 0 Å². The number of aromatic hydroxyl groups is 1. The second kappa shape index (κ2) is 8.50. The lowest BCUT2D eigenvalue weighted by atomic mass is 9.96. The van der Waals surface area contributed by atoms with Crippen LogP contribution in [0.5, 0.6) is 5.75 Å². The van der Waals surface area contributed by atoms with Crippen molar-refractivity contribution in [1.29, 1.82) is 0 Å². The van der Waals surface area contributed by atoms with E-state index in [9.17, 15) is 14.7 Å². The Morgan fingerprint density at radius 2 is 2.13 bits per heavy atom. The fourth-order valence-corrected chi connectivity index (χ4v) is 3.84. The van der Waals surface area contributed by atoms with Gasteiger partial charge in [0.1, 0.15) is 17.8 Å². The number of likely N-dealkylation sites (tertiary alicyclic amines) is 1. The van der Waals surface area contributed by atoms with E-state index < -0.39 is 17.2 Å². The molecule has 9 heteroatoms. The van der Waals surface area contributed by atoms with E-state index in [1.807, 2.05) is 18.2 Å². The molecule has 1 saturated heterocycles. The van der Waals surface area contributed by atoms with E-state index in [1.54, 1.807) is 7.05 Å². The van der Waals surface area contributed by atoms with Gasteiger partial charge < -0.3 is 14.9 Å². The molecule has 1 aliphatic heterocycles. The molecule has 0 aliphatic carbocycles. The SMILES string of the molecule is Cn1c(C2CCCN(Cc3ccccc3)C2)nc(C(=O)Nc2cnoc2)c(O)c1=O. The maximum absolute atomic E-state index is 12.6. The Labute approximate surface area is 173 Å². The van der Waals surface area contributed by atoms with Gasteiger partial charge in [-0.25, -0.2) is 4.98 Å². The van der Waals surface area contributed by atoms with E-state index in [2.05, 4.69) is 37.0 Å². The molecule has 0 bridgehead atoms. The van der Waals surface area contributed by atoms with Crippen LogP contribution in [0, 0.1) is 0 Å². The third-order valence-corrected chi connectivity index (χ3v) is 5.33. The number of amides is 1. The highest BCUT2D eigenvalue weighted by Crippen LogP contribution is 2.27. The summed E-state index contributed by atoms with van der Waals surface area (Å²) in [7, 11) is 1.57. The van der Waals surface area contributed by atoms with Crippen LogP contribution in [0.15, 0.2) is 52.1 Å². The van der Waals surface area contributed by atoms with Gasteiger partial charge in [0.15, 0.2) is 5.69 Å². The smallest absolute Gasteiger partial charge is 0.296 e. The topological polar surface area (TPSA) is 113 Å². The third-order valence-electron chi connectivity index (χ3n) is 5.33. The molecule has 2 aromatic heterocycles. The van der Waals surface area contributed by atoms with Crippen molar-refractivity contribution >= 4 is 11.6 Å². The summed E-state index contributed by atoms with van der Waals surface area (Å²) >= 11 is 0. The predicted octanol–water partition coefficient (Wildman–Crippen LogP) is 2.11. The molecule has 0 saturated carbocycles. The summed E-state index contributed by atoms with van der Waals surface area (Å²) < 4.78 is 6.02. The summed E-state index contributed by atoms with van der Waals surface area (Å²) in [4.78, 5) is 31.9. The maximum atomic E-state index is 12.6. The zero-order chi connectivity index (χ0) is 21.1. The van der Waals surface area contributed by atoms with Gasteiger partial charge in [-0.3, -0.25) is 19.1 Å². The Bertz CT molecular complexity index is 1080. The minimum atomic E-state index is -0.688. The first-order chi connectivity index (χ1) is 14.5. The molecule has 1 atom stereocenters. The number of nitrogens with one attached hydrogen (secondary N) is 1. The minimum Gasteiger partial charge on any atom is -0.501 e. The van der Waals surface area contributed by atoms with E-state index in [4.69, 9.17) is 0 Å². The molecule has 1 aromatic carbocycles. The normalized spacial score (nSPS) is 17.0. The van der Waals surface area contributed by atoms with Crippen LogP contribution in [-0.2, 0) is 13.6 Å². The Kier molecular flexibility index (Phi) is 5.62. The molecule has 4 rings (SSSR count). The zero-order valence-corrected chi connectivity index (χ0v) is 16.6. The van der Waals surface area contributed by atoms with Gasteiger partial charge in [0.2, 0.25) is 5.75 Å². The standard InChI is InChI=1S/C21H23N5O4/c1-25-19(15-8-5-9-26(12-15)11-14-6-3-2-4-7-14)24-17(18(27)21(25)29)20(28)23-16-10-22-30-13-16/h2-4,6-7,10,13,15,27H,5,8-9,11-12H2,1H3,(H,23,28). The average Bonchev–Trinajstić information content (AvgIpc) is 3.26. The molecule has 156 valence electrons. The highest BCUT2D eigenvalue weighted by molar-refractivity contribution is 6.04. The minimum absolute atomic E-state index is 0.0251. The van der Waals surface area contributed by atoms with Crippen molar-refractivity contribution < 1.29 is 14.4 Å². The summed E-state index contributed by atoms with van der Waals surface area (Å²) in [5.74, 6) is -0.896. The molecule has 1 amide bonds. The van der Waals surface area contributed by atoms with E-state index in [0.29, 0.717) is 18.1 Å². The number of carbonyl (C=O) groups is 1. The molecule has 1 unspecified atom stereocenters. The molecular weight excluding hydrogens is 386 g/mol. The summed E-state index contributed by atoms with van der Waals surface area (Å²) in [6.07, 6.45) is 4.37. The van der Waals surface area contributed by atoms with Crippen LogP contribution in [0.25, 0.3) is 0 Å². The third kappa shape index (κ3) is 4.11. The highest BCUT2D eigenvalue weighted by atomic mass is 16.5. The molecule has 9 nitrogen and oxygen atoms in total. The second-order valence-corrected chi connectivity index (χ2v) is 7.46. The summed E-state index contributed by atoms with van der Waals surface area (Å²) in [6, 6.07) is 10.2. The van der Waals surface area contributed by atoms with Crippen LogP contribution >= 0.6 is 0 Å². The Hall–Kier alpha value is -3.46. The van der Waals surface area contributed by atoms with Crippen molar-refractivity contribution in [2.75, 3.05) is 18.4 Å². The first kappa shape index (κ1) is 19.8. The predicted molar refractivity (Wildman–Crippen MR) is 109 cm³/mol. The largest absolute Gasteiger partial charge is 0.501 e. The first-order valence-corrected chi connectivity index (χ1v) is 9.80. The van der Waals surface area contributed by atoms with Crippen molar-refractivity contribution in [2.45, 2.75) is 25.3 Å². The second-order valence-electron chi connectivity index (χ2n) is 7.46. The Morgan fingerprint density at radius 3 is 2.87 bits per heavy atom. The maximum Gasteiger partial charge on any atom is 0.296 e. The lowest BCUT2D eigenvalue weighted by molar-refractivity contribution is 0.101. The van der Waals surface area contributed by atoms with Gasteiger partial charge in [-0.05, 0) is 24.9 Å². The highest BCUT2D eigenvalue weighted by Gasteiger charge is 2.28. The van der Waals surface area contributed by atoms with Gasteiger partial charge in [-0.15, -0.1) is 0 Å². The van der Waals surface area contributed by atoms with E-state index in [-0.39, 0.29) is 11.6 Å². The number of piperidine rings is 1. The van der Waals surface area contributed by atoms with Gasteiger partial charge in [0.25, 0.3) is 11.5 Å². The summed E-state index contributed by atoms with van der Waals surface area (Å²) in [5, 5.41) is 16.3. The molecule has 2 N–H and O–H groups in total. The number of hydrogen-bond acceptors (Lipinski definition) is 7. The van der Waals surface area contributed by atoms with Crippen molar-refractivity contribution in [3.8, 4) is 5.75 Å². The van der Waals surface area contributed by atoms with Crippen LogP contribution in [0.4, 0.5) is 5.69 Å². The molecule has 0 radical (unpaired) electrons. The lowest BCUT2D eigenvalue weighted by Gasteiger charge is -2.33. The van der Waals surface area contributed by atoms with Gasteiger partial charge in [0.05, 0.1) is 6.20 Å². The van der Waals surface area contributed by atoms with Crippen LogP contribution in [0.2, 0.25) is 0 Å². The molecular formula is C21H23N5O4. The fourth-order valence-electron chi connectivity index (χ4n) is 3.84. The number of aromatic nitrogens is 3. The average molecular weight is 409 g/mol. The van der Waals surface area contributed by atoms with Gasteiger partial charge in [0, 0.05) is 26.1 Å². The van der Waals surface area contributed by atoms with Crippen molar-refractivity contribution in [3.05, 3.63) is 70.2 Å². The summed E-state index contributed by atoms with van der Waals surface area (Å²) in [6.45, 7) is 2.48. The Morgan fingerprint density at radius 1 is 1.33 bits per heavy atom.